The van der Waals surface area contributed by atoms with Crippen molar-refractivity contribution in [1.82, 2.24) is 9.78 Å². The second-order valence-corrected chi connectivity index (χ2v) is 8.31. The monoisotopic (exact) mass is 426 g/mol. The molecular formula is C27H26N2O3. The third kappa shape index (κ3) is 4.47. The zero-order valence-corrected chi connectivity index (χ0v) is 18.6. The highest BCUT2D eigenvalue weighted by atomic mass is 16.4. The van der Waals surface area contributed by atoms with E-state index >= 15 is 0 Å². The number of fused-ring (bicyclic) bond motifs is 1. The van der Waals surface area contributed by atoms with Crippen molar-refractivity contribution in [2.45, 2.75) is 40.2 Å². The summed E-state index contributed by atoms with van der Waals surface area (Å²) in [4.78, 5) is 24.1. The number of carbonyl (C=O) groups excluding carboxylic acids is 1. The number of benzene rings is 3. The zero-order chi connectivity index (χ0) is 22.8. The smallest absolute Gasteiger partial charge is 0.307 e. The topological polar surface area (TPSA) is 72.2 Å². The number of hydrogen-bond donors (Lipinski definition) is 1. The van der Waals surface area contributed by atoms with Gasteiger partial charge in [-0.15, -0.1) is 0 Å². The van der Waals surface area contributed by atoms with Gasteiger partial charge >= 0.3 is 5.97 Å². The van der Waals surface area contributed by atoms with Crippen molar-refractivity contribution in [2.24, 2.45) is 0 Å². The summed E-state index contributed by atoms with van der Waals surface area (Å²) in [7, 11) is 0. The third-order valence-corrected chi connectivity index (χ3v) is 5.97. The summed E-state index contributed by atoms with van der Waals surface area (Å²) in [5.74, 6) is -0.746. The molecule has 5 nitrogen and oxygen atoms in total. The Balaban J connectivity index is 1.48. The zero-order valence-electron chi connectivity index (χ0n) is 18.6. The maximum atomic E-state index is 13.0. The van der Waals surface area contributed by atoms with Gasteiger partial charge in [0.15, 0.2) is 5.78 Å². The van der Waals surface area contributed by atoms with Crippen molar-refractivity contribution in [1.29, 1.82) is 0 Å². The van der Waals surface area contributed by atoms with Crippen LogP contribution in [0, 0.1) is 20.8 Å². The number of Topliss-reactive ketones (excluding diaryl/α,β-unsaturated/α-hetero) is 1. The van der Waals surface area contributed by atoms with Crippen molar-refractivity contribution in [3.8, 4) is 0 Å². The molecule has 3 aromatic carbocycles. The number of carboxylic acid groups (broad SMARTS) is 1. The Hall–Kier alpha value is -3.73. The lowest BCUT2D eigenvalue weighted by atomic mass is 9.95. The maximum absolute atomic E-state index is 13.0. The van der Waals surface area contributed by atoms with Crippen LogP contribution in [0.5, 0.6) is 0 Å². The van der Waals surface area contributed by atoms with E-state index in [1.165, 1.54) is 0 Å². The number of carboxylic acids is 1. The van der Waals surface area contributed by atoms with E-state index in [0.29, 0.717) is 13.0 Å². The first kappa shape index (κ1) is 21.5. The van der Waals surface area contributed by atoms with Crippen LogP contribution in [-0.2, 0) is 24.2 Å². The van der Waals surface area contributed by atoms with E-state index in [9.17, 15) is 9.59 Å². The van der Waals surface area contributed by atoms with Gasteiger partial charge < -0.3 is 5.11 Å². The van der Waals surface area contributed by atoms with E-state index in [1.54, 1.807) is 0 Å². The van der Waals surface area contributed by atoms with Gasteiger partial charge in [0.2, 0.25) is 0 Å². The number of carbonyl (C=O) groups is 2. The van der Waals surface area contributed by atoms with E-state index in [1.807, 2.05) is 74.0 Å². The number of aryl methyl sites for hydroxylation is 2. The molecule has 0 bridgehead atoms. The molecule has 0 aliphatic rings. The minimum atomic E-state index is -0.855. The first-order valence-corrected chi connectivity index (χ1v) is 10.7. The highest BCUT2D eigenvalue weighted by Gasteiger charge is 2.15. The van der Waals surface area contributed by atoms with Crippen molar-refractivity contribution in [3.63, 3.8) is 0 Å². The molecular weight excluding hydrogens is 400 g/mol. The summed E-state index contributed by atoms with van der Waals surface area (Å²) in [5.41, 5.74) is 6.16. The molecule has 0 atom stereocenters. The quantitative estimate of drug-likeness (QED) is 0.419. The molecule has 1 N–H and O–H groups in total. The Bertz CT molecular complexity index is 1320. The molecule has 0 aliphatic carbocycles. The van der Waals surface area contributed by atoms with Crippen LogP contribution >= 0.6 is 0 Å². The van der Waals surface area contributed by atoms with Gasteiger partial charge in [0.05, 0.1) is 18.7 Å². The fraction of sp³-hybridized carbons (Fsp3) is 0.222. The SMILES string of the molecule is Cc1cc2ccccc2cc1C(=O)Cc1ccc(Cn2nc(C)c(CC(=O)O)c2C)cc1. The summed E-state index contributed by atoms with van der Waals surface area (Å²) in [6.07, 6.45) is 0.328. The molecule has 0 fully saturated rings. The summed E-state index contributed by atoms with van der Waals surface area (Å²) in [5, 5.41) is 15.8. The minimum absolute atomic E-state index is 0.0209. The number of ketones is 1. The molecule has 0 amide bonds. The van der Waals surface area contributed by atoms with E-state index in [-0.39, 0.29) is 12.2 Å². The lowest BCUT2D eigenvalue weighted by Crippen LogP contribution is -2.07. The fourth-order valence-corrected chi connectivity index (χ4v) is 4.17. The predicted octanol–water partition coefficient (Wildman–Crippen LogP) is 5.06. The second-order valence-electron chi connectivity index (χ2n) is 8.31. The third-order valence-electron chi connectivity index (χ3n) is 5.97. The van der Waals surface area contributed by atoms with Gasteiger partial charge in [-0.3, -0.25) is 14.3 Å². The lowest BCUT2D eigenvalue weighted by molar-refractivity contribution is -0.136. The molecule has 4 rings (SSSR count). The van der Waals surface area contributed by atoms with Gasteiger partial charge in [0, 0.05) is 23.2 Å². The molecule has 162 valence electrons. The molecule has 5 heteroatoms. The van der Waals surface area contributed by atoms with Crippen LogP contribution in [0.1, 0.15) is 44.0 Å². The van der Waals surface area contributed by atoms with Crippen molar-refractivity contribution >= 4 is 22.5 Å². The van der Waals surface area contributed by atoms with Gasteiger partial charge in [0.25, 0.3) is 0 Å². The van der Waals surface area contributed by atoms with E-state index in [4.69, 9.17) is 5.11 Å². The Kier molecular flexibility index (Phi) is 5.91. The van der Waals surface area contributed by atoms with Crippen LogP contribution in [0.2, 0.25) is 0 Å². The summed E-state index contributed by atoms with van der Waals surface area (Å²) < 4.78 is 1.84. The Morgan fingerprint density at radius 3 is 2.16 bits per heavy atom. The summed E-state index contributed by atoms with van der Waals surface area (Å²) in [6.45, 7) is 6.28. The van der Waals surface area contributed by atoms with E-state index in [2.05, 4.69) is 17.2 Å². The predicted molar refractivity (Wildman–Crippen MR) is 125 cm³/mol. The molecule has 4 aromatic rings. The normalized spacial score (nSPS) is 11.1. The highest BCUT2D eigenvalue weighted by Crippen LogP contribution is 2.22. The molecule has 32 heavy (non-hydrogen) atoms. The van der Waals surface area contributed by atoms with Gasteiger partial charge in [-0.25, -0.2) is 0 Å². The molecule has 0 unspecified atom stereocenters. The summed E-state index contributed by atoms with van der Waals surface area (Å²) in [6, 6.07) is 20.1. The van der Waals surface area contributed by atoms with Crippen LogP contribution in [-0.4, -0.2) is 26.6 Å². The standard InChI is InChI=1S/C27H26N2O3/c1-17-12-22-6-4-5-7-23(22)14-24(17)26(30)13-20-8-10-21(11-9-20)16-29-19(3)25(15-27(31)32)18(2)28-29/h4-12,14H,13,15-16H2,1-3H3,(H,31,32). The van der Waals surface area contributed by atoms with Crippen molar-refractivity contribution in [3.05, 3.63) is 99.9 Å². The largest absolute Gasteiger partial charge is 0.481 e. The number of aliphatic carboxylic acids is 1. The molecule has 0 saturated heterocycles. The number of rotatable bonds is 7. The Morgan fingerprint density at radius 1 is 0.875 bits per heavy atom. The first-order valence-electron chi connectivity index (χ1n) is 10.7. The van der Waals surface area contributed by atoms with Gasteiger partial charge in [-0.1, -0.05) is 54.6 Å². The van der Waals surface area contributed by atoms with Gasteiger partial charge in [0.1, 0.15) is 0 Å². The number of nitrogens with zero attached hydrogens (tertiary/aromatic N) is 2. The van der Waals surface area contributed by atoms with Crippen LogP contribution in [0.15, 0.2) is 60.7 Å². The number of aromatic nitrogens is 2. The second kappa shape index (κ2) is 8.79. The van der Waals surface area contributed by atoms with E-state index < -0.39 is 5.97 Å². The van der Waals surface area contributed by atoms with Crippen LogP contribution in [0.25, 0.3) is 10.8 Å². The maximum Gasteiger partial charge on any atom is 0.307 e. The average molecular weight is 427 g/mol. The van der Waals surface area contributed by atoms with E-state index in [0.717, 1.165) is 50.0 Å². The molecule has 1 heterocycles. The average Bonchev–Trinajstić information content (AvgIpc) is 3.01. The van der Waals surface area contributed by atoms with Gasteiger partial charge in [-0.2, -0.15) is 5.10 Å². The highest BCUT2D eigenvalue weighted by molar-refractivity contribution is 6.02. The Morgan fingerprint density at radius 2 is 1.50 bits per heavy atom. The minimum Gasteiger partial charge on any atom is -0.481 e. The molecule has 1 aromatic heterocycles. The van der Waals surface area contributed by atoms with Crippen LogP contribution in [0.3, 0.4) is 0 Å². The summed E-state index contributed by atoms with van der Waals surface area (Å²) >= 11 is 0. The molecule has 0 spiro atoms. The molecule has 0 saturated carbocycles. The lowest BCUT2D eigenvalue weighted by Gasteiger charge is -2.09. The Labute approximate surface area is 187 Å². The molecule has 0 aliphatic heterocycles. The van der Waals surface area contributed by atoms with Crippen molar-refractivity contribution in [2.75, 3.05) is 0 Å². The molecule has 0 radical (unpaired) electrons. The number of hydrogen-bond acceptors (Lipinski definition) is 3. The fourth-order valence-electron chi connectivity index (χ4n) is 4.17. The van der Waals surface area contributed by atoms with Gasteiger partial charge in [-0.05, 0) is 54.3 Å². The van der Waals surface area contributed by atoms with Crippen LogP contribution < -0.4 is 0 Å². The van der Waals surface area contributed by atoms with Crippen LogP contribution in [0.4, 0.5) is 0 Å². The first-order chi connectivity index (χ1) is 15.3. The van der Waals surface area contributed by atoms with Crippen molar-refractivity contribution < 1.29 is 14.7 Å².